The Kier molecular flexibility index (Phi) is 8.16. The minimum absolute atomic E-state index is 0.106. The van der Waals surface area contributed by atoms with Crippen LogP contribution in [0.5, 0.6) is 0 Å². The molecule has 0 N–H and O–H groups in total. The molecule has 0 aliphatic heterocycles. The summed E-state index contributed by atoms with van der Waals surface area (Å²) in [5, 5.41) is 2.81. The number of hydrogen-bond donors (Lipinski definition) is 0. The summed E-state index contributed by atoms with van der Waals surface area (Å²) in [5.41, 5.74) is 2.65. The van der Waals surface area contributed by atoms with Crippen molar-refractivity contribution in [1.82, 2.24) is 0 Å². The van der Waals surface area contributed by atoms with Gasteiger partial charge in [-0.25, -0.2) is 0 Å². The van der Waals surface area contributed by atoms with Gasteiger partial charge in [0.25, 0.3) is 0 Å². The zero-order valence-electron chi connectivity index (χ0n) is 10.2. The third kappa shape index (κ3) is 6.33. The predicted molar refractivity (Wildman–Crippen MR) is 81.6 cm³/mol. The first kappa shape index (κ1) is 16.2. The number of aryl methyl sites for hydroxylation is 2. The van der Waals surface area contributed by atoms with Crippen LogP contribution in [0.15, 0.2) is 48.5 Å². The van der Waals surface area contributed by atoms with E-state index in [0.29, 0.717) is 0 Å². The Labute approximate surface area is 127 Å². The molecular formula is C14H15Cl2PPd. The fourth-order valence-electron chi connectivity index (χ4n) is 1.44. The third-order valence-corrected chi connectivity index (χ3v) is 3.64. The zero-order chi connectivity index (χ0) is 13.4. The molecule has 0 saturated heterocycles. The van der Waals surface area contributed by atoms with E-state index in [4.69, 9.17) is 19.1 Å². The summed E-state index contributed by atoms with van der Waals surface area (Å²) in [6, 6.07) is 17.6. The maximum atomic E-state index is 4.81. The molecule has 2 aromatic rings. The molecular weight excluding hydrogens is 376 g/mol. The normalized spacial score (nSPS) is 9.78. The zero-order valence-corrected chi connectivity index (χ0v) is 14.3. The molecule has 0 spiro atoms. The number of benzene rings is 2. The van der Waals surface area contributed by atoms with Crippen molar-refractivity contribution in [3.05, 3.63) is 59.7 Å². The van der Waals surface area contributed by atoms with E-state index >= 15 is 0 Å². The summed E-state index contributed by atoms with van der Waals surface area (Å²) in [4.78, 5) is 0. The summed E-state index contributed by atoms with van der Waals surface area (Å²) in [6.45, 7) is 4.25. The first-order chi connectivity index (χ1) is 8.65. The van der Waals surface area contributed by atoms with Gasteiger partial charge < -0.3 is 0 Å². The molecule has 0 atom stereocenters. The Morgan fingerprint density at radius 1 is 0.722 bits per heavy atom. The molecule has 0 fully saturated rings. The van der Waals surface area contributed by atoms with Crippen LogP contribution in [0.1, 0.15) is 11.1 Å². The van der Waals surface area contributed by atoms with Crippen LogP contribution in [-0.2, 0) is 15.9 Å². The van der Waals surface area contributed by atoms with Crippen LogP contribution in [-0.4, -0.2) is 0 Å². The SMILES string of the molecule is Cc1ccc(Pc2ccc(C)cc2)cc1.[Cl][Pd][Cl]. The van der Waals surface area contributed by atoms with E-state index in [-0.39, 0.29) is 15.9 Å². The monoisotopic (exact) mass is 390 g/mol. The topological polar surface area (TPSA) is 0 Å². The first-order valence-electron chi connectivity index (χ1n) is 5.38. The molecule has 0 heterocycles. The van der Waals surface area contributed by atoms with E-state index < -0.39 is 0 Å². The van der Waals surface area contributed by atoms with Gasteiger partial charge in [0.05, 0.1) is 0 Å². The Morgan fingerprint density at radius 3 is 1.28 bits per heavy atom. The summed E-state index contributed by atoms with van der Waals surface area (Å²) in [6.07, 6.45) is 0. The molecule has 0 nitrogen and oxygen atoms in total. The molecule has 0 radical (unpaired) electrons. The molecule has 2 aromatic carbocycles. The number of rotatable bonds is 2. The minimum atomic E-state index is -0.106. The number of hydrogen-bond acceptors (Lipinski definition) is 0. The standard InChI is InChI=1S/C14H15P.2ClH.Pd/c1-11-3-7-13(8-4-11)15-14-9-5-12(2)6-10-14;;;/h3-10,15H,1-2H3;2*1H;/q;;;+2/p-2. The summed E-state index contributed by atoms with van der Waals surface area (Å²) in [7, 11) is 10.4. The molecule has 100 valence electrons. The second kappa shape index (κ2) is 9.09. The van der Waals surface area contributed by atoms with Crippen LogP contribution < -0.4 is 10.6 Å². The van der Waals surface area contributed by atoms with Crippen LogP contribution in [0.25, 0.3) is 0 Å². The Hall–Kier alpha value is 0.112. The van der Waals surface area contributed by atoms with Gasteiger partial charge in [0, 0.05) is 0 Å². The van der Waals surface area contributed by atoms with Gasteiger partial charge >= 0.3 is 35.0 Å². The fraction of sp³-hybridized carbons (Fsp3) is 0.143. The van der Waals surface area contributed by atoms with E-state index in [1.807, 2.05) is 0 Å². The maximum absolute atomic E-state index is 4.81. The molecule has 0 saturated carbocycles. The van der Waals surface area contributed by atoms with Crippen molar-refractivity contribution in [2.75, 3.05) is 0 Å². The molecule has 4 heteroatoms. The van der Waals surface area contributed by atoms with Crippen molar-refractivity contribution >= 4 is 38.2 Å². The van der Waals surface area contributed by atoms with E-state index in [1.54, 1.807) is 0 Å². The van der Waals surface area contributed by atoms with Crippen LogP contribution in [0.2, 0.25) is 0 Å². The van der Waals surface area contributed by atoms with E-state index in [2.05, 4.69) is 62.4 Å². The average molecular weight is 392 g/mol. The molecule has 18 heavy (non-hydrogen) atoms. The summed E-state index contributed by atoms with van der Waals surface area (Å²) < 4.78 is 0. The van der Waals surface area contributed by atoms with Gasteiger partial charge in [-0.2, -0.15) is 0 Å². The van der Waals surface area contributed by atoms with Gasteiger partial charge in [-0.1, -0.05) is 68.2 Å². The molecule has 0 aliphatic carbocycles. The van der Waals surface area contributed by atoms with Gasteiger partial charge in [-0.15, -0.1) is 0 Å². The average Bonchev–Trinajstić information content (AvgIpc) is 2.36. The second-order valence-corrected chi connectivity index (χ2v) is 7.67. The van der Waals surface area contributed by atoms with Crippen molar-refractivity contribution in [2.24, 2.45) is 0 Å². The van der Waals surface area contributed by atoms with Gasteiger partial charge in [-0.3, -0.25) is 0 Å². The van der Waals surface area contributed by atoms with Crippen molar-refractivity contribution in [2.45, 2.75) is 13.8 Å². The van der Waals surface area contributed by atoms with Crippen molar-refractivity contribution in [3.8, 4) is 0 Å². The van der Waals surface area contributed by atoms with E-state index in [1.165, 1.54) is 21.7 Å². The molecule has 0 aliphatic rings. The van der Waals surface area contributed by atoms with Crippen LogP contribution in [0, 0.1) is 13.8 Å². The first-order valence-corrected chi connectivity index (χ1v) is 10.4. The quantitative estimate of drug-likeness (QED) is 0.529. The van der Waals surface area contributed by atoms with E-state index in [9.17, 15) is 0 Å². The van der Waals surface area contributed by atoms with Crippen molar-refractivity contribution < 1.29 is 15.9 Å². The van der Waals surface area contributed by atoms with Crippen LogP contribution in [0.3, 0.4) is 0 Å². The Morgan fingerprint density at radius 2 is 1.00 bits per heavy atom. The van der Waals surface area contributed by atoms with Crippen LogP contribution in [0.4, 0.5) is 0 Å². The van der Waals surface area contributed by atoms with Gasteiger partial charge in [0.2, 0.25) is 0 Å². The van der Waals surface area contributed by atoms with Crippen molar-refractivity contribution in [1.29, 1.82) is 0 Å². The molecule has 2 rings (SSSR count). The molecule has 0 unspecified atom stereocenters. The van der Waals surface area contributed by atoms with Crippen molar-refractivity contribution in [3.63, 3.8) is 0 Å². The molecule has 0 amide bonds. The Bertz CT molecular complexity index is 411. The third-order valence-electron chi connectivity index (χ3n) is 2.39. The van der Waals surface area contributed by atoms with Gasteiger partial charge in [0.1, 0.15) is 0 Å². The molecule has 0 aromatic heterocycles. The summed E-state index contributed by atoms with van der Waals surface area (Å²) >= 11 is -0.106. The predicted octanol–water partition coefficient (Wildman–Crippen LogP) is 4.31. The second-order valence-electron chi connectivity index (χ2n) is 3.90. The van der Waals surface area contributed by atoms with Crippen LogP contribution >= 0.6 is 27.6 Å². The van der Waals surface area contributed by atoms with Gasteiger partial charge in [0.15, 0.2) is 0 Å². The molecule has 0 bridgehead atoms. The fourth-order valence-corrected chi connectivity index (χ4v) is 2.44. The Balaban J connectivity index is 0.000000492. The summed E-state index contributed by atoms with van der Waals surface area (Å²) in [5.74, 6) is 0. The van der Waals surface area contributed by atoms with Gasteiger partial charge in [-0.05, 0) is 24.5 Å². The number of halogens is 2. The van der Waals surface area contributed by atoms with E-state index in [0.717, 1.165) is 8.58 Å².